The van der Waals surface area contributed by atoms with Gasteiger partial charge in [0.15, 0.2) is 0 Å². The molecule has 2 rings (SSSR count). The van der Waals surface area contributed by atoms with Crippen LogP contribution in [-0.2, 0) is 0 Å². The van der Waals surface area contributed by atoms with Crippen molar-refractivity contribution in [1.29, 1.82) is 0 Å². The highest BCUT2D eigenvalue weighted by Crippen LogP contribution is 2.26. The minimum atomic E-state index is 0.00838. The number of hydrogen-bond donors (Lipinski definition) is 2. The number of benzene rings is 1. The Morgan fingerprint density at radius 3 is 3.05 bits per heavy atom. The third kappa shape index (κ3) is 3.19. The lowest BCUT2D eigenvalue weighted by Crippen LogP contribution is -2.29. The number of amides is 1. The highest BCUT2D eigenvalue weighted by atomic mass is 35.5. The smallest absolute Gasteiger partial charge is 0.256 e. The molecule has 1 aromatic carbocycles. The van der Waals surface area contributed by atoms with E-state index in [1.165, 1.54) is 12.8 Å². The van der Waals surface area contributed by atoms with Gasteiger partial charge in [0.05, 0.1) is 11.3 Å². The third-order valence-corrected chi connectivity index (χ3v) is 3.87. The van der Waals surface area contributed by atoms with Crippen LogP contribution in [0.1, 0.15) is 36.5 Å². The zero-order chi connectivity index (χ0) is 13.8. The molecule has 5 heteroatoms. The van der Waals surface area contributed by atoms with Crippen molar-refractivity contribution in [2.75, 3.05) is 18.5 Å². The van der Waals surface area contributed by atoms with Gasteiger partial charge in [0, 0.05) is 18.1 Å². The summed E-state index contributed by atoms with van der Waals surface area (Å²) >= 11 is 5.96. The van der Waals surface area contributed by atoms with Crippen molar-refractivity contribution in [2.45, 2.75) is 26.2 Å². The number of carbonyl (C=O) groups excluding carboxylic acids is 1. The Hall–Kier alpha value is -1.26. The lowest BCUT2D eigenvalue weighted by atomic mass is 10.0. The van der Waals surface area contributed by atoms with Crippen LogP contribution >= 0.6 is 11.6 Å². The molecule has 3 N–H and O–H groups in total. The van der Waals surface area contributed by atoms with Gasteiger partial charge in [-0.05, 0) is 37.0 Å². The summed E-state index contributed by atoms with van der Waals surface area (Å²) in [6, 6.07) is 5.12. The molecule has 1 saturated heterocycles. The fraction of sp³-hybridized carbons (Fsp3) is 0.500. The second kappa shape index (κ2) is 6.26. The van der Waals surface area contributed by atoms with Crippen molar-refractivity contribution in [3.05, 3.63) is 28.8 Å². The highest BCUT2D eigenvalue weighted by molar-refractivity contribution is 6.31. The second-order valence-electron chi connectivity index (χ2n) is 5.03. The number of hydrazine groups is 1. The van der Waals surface area contributed by atoms with Gasteiger partial charge in [-0.2, -0.15) is 0 Å². The van der Waals surface area contributed by atoms with Crippen LogP contribution in [0.4, 0.5) is 5.69 Å². The number of nitrogens with zero attached hydrogens (tertiary/aromatic N) is 1. The van der Waals surface area contributed by atoms with Gasteiger partial charge in [-0.3, -0.25) is 10.6 Å². The monoisotopic (exact) mass is 281 g/mol. The van der Waals surface area contributed by atoms with Gasteiger partial charge >= 0.3 is 0 Å². The molecule has 104 valence electrons. The largest absolute Gasteiger partial charge is 0.338 e. The van der Waals surface area contributed by atoms with E-state index in [1.807, 2.05) is 4.90 Å². The van der Waals surface area contributed by atoms with Crippen LogP contribution in [-0.4, -0.2) is 23.9 Å². The SMILES string of the molecule is CCCC1CCN(C(=O)c2cc(Cl)ccc2NN)C1. The number of rotatable bonds is 4. The highest BCUT2D eigenvalue weighted by Gasteiger charge is 2.27. The summed E-state index contributed by atoms with van der Waals surface area (Å²) in [5.41, 5.74) is 3.72. The van der Waals surface area contributed by atoms with Crippen LogP contribution in [0.3, 0.4) is 0 Å². The van der Waals surface area contributed by atoms with E-state index in [0.717, 1.165) is 19.5 Å². The number of carbonyl (C=O) groups is 1. The first-order chi connectivity index (χ1) is 9.15. The van der Waals surface area contributed by atoms with E-state index in [0.29, 0.717) is 22.2 Å². The summed E-state index contributed by atoms with van der Waals surface area (Å²) < 4.78 is 0. The van der Waals surface area contributed by atoms with Crippen molar-refractivity contribution in [1.82, 2.24) is 4.90 Å². The number of nitrogens with two attached hydrogens (primary N) is 1. The molecular formula is C14H20ClN3O. The van der Waals surface area contributed by atoms with E-state index in [9.17, 15) is 4.79 Å². The Labute approximate surface area is 118 Å². The lowest BCUT2D eigenvalue weighted by molar-refractivity contribution is 0.0787. The Bertz CT molecular complexity index is 464. The van der Waals surface area contributed by atoms with Crippen LogP contribution in [0.5, 0.6) is 0 Å². The van der Waals surface area contributed by atoms with Gasteiger partial charge in [0.25, 0.3) is 5.91 Å². The number of nitrogen functional groups attached to an aromatic ring is 1. The predicted molar refractivity (Wildman–Crippen MR) is 78.2 cm³/mol. The van der Waals surface area contributed by atoms with Crippen molar-refractivity contribution in [3.63, 3.8) is 0 Å². The van der Waals surface area contributed by atoms with Gasteiger partial charge in [-0.15, -0.1) is 0 Å². The molecule has 1 fully saturated rings. The van der Waals surface area contributed by atoms with Gasteiger partial charge in [0.1, 0.15) is 0 Å². The van der Waals surface area contributed by atoms with Gasteiger partial charge in [-0.1, -0.05) is 24.9 Å². The van der Waals surface area contributed by atoms with Crippen molar-refractivity contribution in [3.8, 4) is 0 Å². The maximum atomic E-state index is 12.5. The second-order valence-corrected chi connectivity index (χ2v) is 5.47. The molecule has 1 aliphatic rings. The zero-order valence-corrected chi connectivity index (χ0v) is 11.9. The molecule has 1 aliphatic heterocycles. The van der Waals surface area contributed by atoms with Crippen LogP contribution in [0, 0.1) is 5.92 Å². The Kier molecular flexibility index (Phi) is 4.66. The molecule has 4 nitrogen and oxygen atoms in total. The van der Waals surface area contributed by atoms with E-state index in [2.05, 4.69) is 12.3 Å². The fourth-order valence-electron chi connectivity index (χ4n) is 2.65. The molecule has 1 aromatic rings. The summed E-state index contributed by atoms with van der Waals surface area (Å²) in [5, 5.41) is 0.548. The fourth-order valence-corrected chi connectivity index (χ4v) is 2.82. The van der Waals surface area contributed by atoms with Crippen LogP contribution in [0.25, 0.3) is 0 Å². The molecule has 1 unspecified atom stereocenters. The lowest BCUT2D eigenvalue weighted by Gasteiger charge is -2.18. The third-order valence-electron chi connectivity index (χ3n) is 3.64. The first kappa shape index (κ1) is 14.2. The number of likely N-dealkylation sites (tertiary alicyclic amines) is 1. The molecule has 1 atom stereocenters. The minimum absolute atomic E-state index is 0.00838. The van der Waals surface area contributed by atoms with Crippen LogP contribution in [0.15, 0.2) is 18.2 Å². The zero-order valence-electron chi connectivity index (χ0n) is 11.2. The summed E-state index contributed by atoms with van der Waals surface area (Å²) in [5.74, 6) is 6.08. The average molecular weight is 282 g/mol. The van der Waals surface area contributed by atoms with E-state index >= 15 is 0 Å². The molecule has 0 aliphatic carbocycles. The van der Waals surface area contributed by atoms with Crippen LogP contribution < -0.4 is 11.3 Å². The molecule has 1 heterocycles. The predicted octanol–water partition coefficient (Wildman–Crippen LogP) is 2.89. The average Bonchev–Trinajstić information content (AvgIpc) is 2.87. The molecule has 19 heavy (non-hydrogen) atoms. The van der Waals surface area contributed by atoms with Gasteiger partial charge in [-0.25, -0.2) is 0 Å². The van der Waals surface area contributed by atoms with E-state index in [4.69, 9.17) is 17.4 Å². The molecule has 0 aromatic heterocycles. The van der Waals surface area contributed by atoms with Crippen LogP contribution in [0.2, 0.25) is 5.02 Å². The summed E-state index contributed by atoms with van der Waals surface area (Å²) in [6.45, 7) is 3.83. The Morgan fingerprint density at radius 2 is 2.37 bits per heavy atom. The van der Waals surface area contributed by atoms with E-state index in [1.54, 1.807) is 18.2 Å². The maximum Gasteiger partial charge on any atom is 0.256 e. The molecule has 0 radical (unpaired) electrons. The molecule has 0 spiro atoms. The van der Waals surface area contributed by atoms with Crippen molar-refractivity contribution < 1.29 is 4.79 Å². The molecule has 0 bridgehead atoms. The summed E-state index contributed by atoms with van der Waals surface area (Å²) in [4.78, 5) is 14.4. The molecule has 0 saturated carbocycles. The molecular weight excluding hydrogens is 262 g/mol. The normalized spacial score (nSPS) is 18.7. The van der Waals surface area contributed by atoms with E-state index in [-0.39, 0.29) is 5.91 Å². The number of nitrogens with one attached hydrogen (secondary N) is 1. The standard InChI is InChI=1S/C14H20ClN3O/c1-2-3-10-6-7-18(9-10)14(19)12-8-11(15)4-5-13(12)17-16/h4-5,8,10,17H,2-3,6-7,9,16H2,1H3. The number of halogens is 1. The number of hydrogen-bond acceptors (Lipinski definition) is 3. The first-order valence-electron chi connectivity index (χ1n) is 6.71. The van der Waals surface area contributed by atoms with Gasteiger partial charge in [0.2, 0.25) is 0 Å². The maximum absolute atomic E-state index is 12.5. The Morgan fingerprint density at radius 1 is 1.58 bits per heavy atom. The minimum Gasteiger partial charge on any atom is -0.338 e. The van der Waals surface area contributed by atoms with Gasteiger partial charge < -0.3 is 10.3 Å². The van der Waals surface area contributed by atoms with E-state index < -0.39 is 0 Å². The molecule has 1 amide bonds. The quantitative estimate of drug-likeness (QED) is 0.659. The topological polar surface area (TPSA) is 58.4 Å². The summed E-state index contributed by atoms with van der Waals surface area (Å²) in [6.07, 6.45) is 3.44. The van der Waals surface area contributed by atoms with Crippen molar-refractivity contribution >= 4 is 23.2 Å². The number of anilines is 1. The first-order valence-corrected chi connectivity index (χ1v) is 7.09. The van der Waals surface area contributed by atoms with Crippen molar-refractivity contribution in [2.24, 2.45) is 11.8 Å². The summed E-state index contributed by atoms with van der Waals surface area (Å²) in [7, 11) is 0. The Balaban J connectivity index is 2.14.